The Morgan fingerprint density at radius 2 is 1.88 bits per heavy atom. The Hall–Kier alpha value is -1.35. The van der Waals surface area contributed by atoms with Crippen LogP contribution in [0.5, 0.6) is 0 Å². The quantitative estimate of drug-likeness (QED) is 0.739. The monoisotopic (exact) mass is 218 g/mol. The number of piperazine rings is 1. The third-order valence-electron chi connectivity index (χ3n) is 3.25. The molecular formula is C13H18N2O. The number of nitrogens with zero attached hydrogens (tertiary/aromatic N) is 2. The normalized spacial score (nSPS) is 22.5. The van der Waals surface area contributed by atoms with Crippen LogP contribution in [0.2, 0.25) is 0 Å². The van der Waals surface area contributed by atoms with Gasteiger partial charge in [0.2, 0.25) is 5.91 Å². The maximum Gasteiger partial charge on any atom is 0.240 e. The fourth-order valence-electron chi connectivity index (χ4n) is 2.10. The van der Waals surface area contributed by atoms with Crippen molar-refractivity contribution in [1.82, 2.24) is 9.80 Å². The number of hydrogen-bond acceptors (Lipinski definition) is 2. The largest absolute Gasteiger partial charge is 0.343 e. The van der Waals surface area contributed by atoms with E-state index in [4.69, 9.17) is 0 Å². The van der Waals surface area contributed by atoms with Crippen molar-refractivity contribution >= 4 is 5.91 Å². The van der Waals surface area contributed by atoms with Gasteiger partial charge in [0, 0.05) is 20.1 Å². The van der Waals surface area contributed by atoms with E-state index in [1.54, 1.807) is 0 Å². The van der Waals surface area contributed by atoms with Gasteiger partial charge in [0.1, 0.15) is 0 Å². The SMILES string of the molecule is CN1CCN(C)C(Cc2ccccc2)C1=O. The lowest BCUT2D eigenvalue weighted by molar-refractivity contribution is -0.139. The molecule has 0 radical (unpaired) electrons. The van der Waals surface area contributed by atoms with E-state index in [0.29, 0.717) is 0 Å². The molecular weight excluding hydrogens is 200 g/mol. The van der Waals surface area contributed by atoms with Gasteiger partial charge in [-0.05, 0) is 19.0 Å². The van der Waals surface area contributed by atoms with Crippen molar-refractivity contribution in [2.45, 2.75) is 12.5 Å². The molecule has 1 aliphatic rings. The average molecular weight is 218 g/mol. The molecule has 1 amide bonds. The fourth-order valence-corrected chi connectivity index (χ4v) is 2.10. The molecule has 1 saturated heterocycles. The maximum atomic E-state index is 12.0. The highest BCUT2D eigenvalue weighted by atomic mass is 16.2. The predicted octanol–water partition coefficient (Wildman–Crippen LogP) is 1.00. The Bertz CT molecular complexity index is 363. The number of carbonyl (C=O) groups excluding carboxylic acids is 1. The summed E-state index contributed by atoms with van der Waals surface area (Å²) < 4.78 is 0. The molecule has 0 spiro atoms. The summed E-state index contributed by atoms with van der Waals surface area (Å²) in [5, 5.41) is 0. The molecule has 2 rings (SSSR count). The molecule has 1 heterocycles. The van der Waals surface area contributed by atoms with E-state index in [1.807, 2.05) is 37.2 Å². The van der Waals surface area contributed by atoms with Gasteiger partial charge in [-0.15, -0.1) is 0 Å². The summed E-state index contributed by atoms with van der Waals surface area (Å²) in [6.07, 6.45) is 0.806. The van der Waals surface area contributed by atoms with Crippen molar-refractivity contribution in [1.29, 1.82) is 0 Å². The van der Waals surface area contributed by atoms with Crippen molar-refractivity contribution in [3.05, 3.63) is 35.9 Å². The maximum absolute atomic E-state index is 12.0. The standard InChI is InChI=1S/C13H18N2O/c1-14-8-9-15(2)13(16)12(14)10-11-6-4-3-5-7-11/h3-7,12H,8-10H2,1-2H3. The predicted molar refractivity (Wildman–Crippen MR) is 64.2 cm³/mol. The Labute approximate surface area is 96.7 Å². The van der Waals surface area contributed by atoms with Gasteiger partial charge in [-0.3, -0.25) is 9.69 Å². The molecule has 1 aliphatic heterocycles. The number of amides is 1. The van der Waals surface area contributed by atoms with Crippen LogP contribution in [0.15, 0.2) is 30.3 Å². The van der Waals surface area contributed by atoms with Crippen LogP contribution in [-0.4, -0.2) is 48.9 Å². The topological polar surface area (TPSA) is 23.6 Å². The molecule has 0 saturated carbocycles. The second kappa shape index (κ2) is 4.66. The molecule has 3 nitrogen and oxygen atoms in total. The minimum Gasteiger partial charge on any atom is -0.343 e. The zero-order chi connectivity index (χ0) is 11.5. The van der Waals surface area contributed by atoms with Crippen LogP contribution in [-0.2, 0) is 11.2 Å². The third-order valence-corrected chi connectivity index (χ3v) is 3.25. The lowest BCUT2D eigenvalue weighted by atomic mass is 10.0. The molecule has 1 aromatic rings. The Morgan fingerprint density at radius 1 is 1.19 bits per heavy atom. The first-order valence-electron chi connectivity index (χ1n) is 5.67. The smallest absolute Gasteiger partial charge is 0.240 e. The van der Waals surface area contributed by atoms with Crippen molar-refractivity contribution in [2.24, 2.45) is 0 Å². The number of benzene rings is 1. The van der Waals surface area contributed by atoms with E-state index in [0.717, 1.165) is 19.5 Å². The first kappa shape index (κ1) is 11.1. The van der Waals surface area contributed by atoms with Gasteiger partial charge in [-0.25, -0.2) is 0 Å². The van der Waals surface area contributed by atoms with Crippen LogP contribution < -0.4 is 0 Å². The van der Waals surface area contributed by atoms with E-state index in [2.05, 4.69) is 17.0 Å². The van der Waals surface area contributed by atoms with Gasteiger partial charge in [-0.1, -0.05) is 30.3 Å². The van der Waals surface area contributed by atoms with Crippen LogP contribution in [0, 0.1) is 0 Å². The van der Waals surface area contributed by atoms with Crippen LogP contribution in [0.3, 0.4) is 0 Å². The number of likely N-dealkylation sites (N-methyl/N-ethyl adjacent to an activating group) is 2. The fraction of sp³-hybridized carbons (Fsp3) is 0.462. The minimum atomic E-state index is 0.00106. The van der Waals surface area contributed by atoms with E-state index < -0.39 is 0 Å². The summed E-state index contributed by atoms with van der Waals surface area (Å²) in [7, 11) is 3.91. The lowest BCUT2D eigenvalue weighted by Crippen LogP contribution is -2.54. The van der Waals surface area contributed by atoms with Crippen LogP contribution in [0.25, 0.3) is 0 Å². The summed E-state index contributed by atoms with van der Waals surface area (Å²) in [5.41, 5.74) is 1.23. The van der Waals surface area contributed by atoms with Crippen LogP contribution in [0.1, 0.15) is 5.56 Å². The Morgan fingerprint density at radius 3 is 2.56 bits per heavy atom. The molecule has 0 aliphatic carbocycles. The highest BCUT2D eigenvalue weighted by Gasteiger charge is 2.30. The molecule has 3 heteroatoms. The van der Waals surface area contributed by atoms with Crippen LogP contribution in [0.4, 0.5) is 0 Å². The summed E-state index contributed by atoms with van der Waals surface area (Å²) >= 11 is 0. The van der Waals surface area contributed by atoms with Crippen molar-refractivity contribution in [3.8, 4) is 0 Å². The number of hydrogen-bond donors (Lipinski definition) is 0. The molecule has 16 heavy (non-hydrogen) atoms. The number of rotatable bonds is 2. The van der Waals surface area contributed by atoms with Crippen molar-refractivity contribution in [3.63, 3.8) is 0 Å². The van der Waals surface area contributed by atoms with E-state index in [-0.39, 0.29) is 11.9 Å². The summed E-state index contributed by atoms with van der Waals surface area (Å²) in [5.74, 6) is 0.234. The van der Waals surface area contributed by atoms with Gasteiger partial charge >= 0.3 is 0 Å². The highest BCUT2D eigenvalue weighted by molar-refractivity contribution is 5.82. The summed E-state index contributed by atoms with van der Waals surface area (Å²) in [4.78, 5) is 16.0. The van der Waals surface area contributed by atoms with Gasteiger partial charge < -0.3 is 4.90 Å². The zero-order valence-corrected chi connectivity index (χ0v) is 9.89. The third kappa shape index (κ3) is 2.25. The molecule has 0 aromatic heterocycles. The molecule has 1 aromatic carbocycles. The summed E-state index contributed by atoms with van der Waals surface area (Å²) in [6, 6.07) is 10.2. The van der Waals surface area contributed by atoms with Gasteiger partial charge in [0.25, 0.3) is 0 Å². The van der Waals surface area contributed by atoms with E-state index >= 15 is 0 Å². The van der Waals surface area contributed by atoms with Gasteiger partial charge in [0.15, 0.2) is 0 Å². The molecule has 1 unspecified atom stereocenters. The Kier molecular flexibility index (Phi) is 3.25. The minimum absolute atomic E-state index is 0.00106. The second-order valence-electron chi connectivity index (χ2n) is 4.45. The van der Waals surface area contributed by atoms with Crippen molar-refractivity contribution < 1.29 is 4.79 Å². The second-order valence-corrected chi connectivity index (χ2v) is 4.45. The molecule has 86 valence electrons. The van der Waals surface area contributed by atoms with E-state index in [1.165, 1.54) is 5.56 Å². The number of carbonyl (C=O) groups is 1. The first-order chi connectivity index (χ1) is 7.68. The van der Waals surface area contributed by atoms with Crippen LogP contribution >= 0.6 is 0 Å². The molecule has 1 atom stereocenters. The lowest BCUT2D eigenvalue weighted by Gasteiger charge is -2.36. The average Bonchev–Trinajstić information content (AvgIpc) is 2.31. The highest BCUT2D eigenvalue weighted by Crippen LogP contribution is 2.13. The van der Waals surface area contributed by atoms with Crippen molar-refractivity contribution in [2.75, 3.05) is 27.2 Å². The molecule has 0 N–H and O–H groups in total. The molecule has 1 fully saturated rings. The Balaban J connectivity index is 2.10. The summed E-state index contributed by atoms with van der Waals surface area (Å²) in [6.45, 7) is 1.79. The first-order valence-corrected chi connectivity index (χ1v) is 5.67. The zero-order valence-electron chi connectivity index (χ0n) is 9.89. The molecule has 0 bridgehead atoms. The van der Waals surface area contributed by atoms with E-state index in [9.17, 15) is 4.79 Å². The van der Waals surface area contributed by atoms with Gasteiger partial charge in [-0.2, -0.15) is 0 Å². The van der Waals surface area contributed by atoms with Gasteiger partial charge in [0.05, 0.1) is 6.04 Å².